The lowest BCUT2D eigenvalue weighted by Gasteiger charge is -2.15. The van der Waals surface area contributed by atoms with Crippen molar-refractivity contribution in [3.8, 4) is 11.5 Å². The number of pyridine rings is 3. The van der Waals surface area contributed by atoms with Crippen LogP contribution in [0.15, 0.2) is 35.5 Å². The minimum Gasteiger partial charge on any atom is -0.452 e. The molecule has 16 heteroatoms. The fraction of sp³-hybridized carbons (Fsp3) is 0.414. The second kappa shape index (κ2) is 11.4. The number of imidazole rings is 1. The third-order valence-corrected chi connectivity index (χ3v) is 9.62. The van der Waals surface area contributed by atoms with Gasteiger partial charge < -0.3 is 23.9 Å². The first-order chi connectivity index (χ1) is 21.2. The van der Waals surface area contributed by atoms with Gasteiger partial charge >= 0.3 is 6.18 Å². The summed E-state index contributed by atoms with van der Waals surface area (Å²) in [5, 5.41) is 8.57. The Bertz CT molecular complexity index is 1980. The van der Waals surface area contributed by atoms with Gasteiger partial charge in [0, 0.05) is 46.3 Å². The van der Waals surface area contributed by atoms with Gasteiger partial charge in [-0.15, -0.1) is 0 Å². The van der Waals surface area contributed by atoms with E-state index in [0.717, 1.165) is 46.8 Å². The summed E-state index contributed by atoms with van der Waals surface area (Å²) in [6.07, 6.45) is 1.21. The zero-order valence-corrected chi connectivity index (χ0v) is 27.1. The molecule has 0 radical (unpaired) electrons. The first-order valence-electron chi connectivity index (χ1n) is 14.4. The van der Waals surface area contributed by atoms with E-state index in [9.17, 15) is 18.0 Å². The van der Waals surface area contributed by atoms with Crippen molar-refractivity contribution < 1.29 is 22.6 Å². The number of aromatic nitrogens is 7. The minimum absolute atomic E-state index is 0.0737. The van der Waals surface area contributed by atoms with E-state index < -0.39 is 25.4 Å². The van der Waals surface area contributed by atoms with E-state index >= 15 is 0 Å². The molecule has 11 nitrogen and oxygen atoms in total. The van der Waals surface area contributed by atoms with Crippen molar-refractivity contribution >= 4 is 53.5 Å². The molecule has 1 N–H and O–H groups in total. The summed E-state index contributed by atoms with van der Waals surface area (Å²) in [7, 11) is 1.63. The number of hydrogen-bond donors (Lipinski definition) is 1. The summed E-state index contributed by atoms with van der Waals surface area (Å²) in [6, 6.07) is 3.68. The maximum atomic E-state index is 13.4. The van der Waals surface area contributed by atoms with Gasteiger partial charge in [0.1, 0.15) is 28.7 Å². The van der Waals surface area contributed by atoms with E-state index in [-0.39, 0.29) is 28.1 Å². The lowest BCUT2D eigenvalue weighted by atomic mass is 10.2. The lowest BCUT2D eigenvalue weighted by Crippen LogP contribution is -2.23. The highest BCUT2D eigenvalue weighted by Gasteiger charge is 2.32. The summed E-state index contributed by atoms with van der Waals surface area (Å²) in [5.41, 5.74) is 0.296. The smallest absolute Gasteiger partial charge is 0.417 e. The molecule has 0 amide bonds. The quantitative estimate of drug-likeness (QED) is 0.128. The van der Waals surface area contributed by atoms with Crippen LogP contribution in [0.3, 0.4) is 0 Å². The Balaban J connectivity index is 1.27. The van der Waals surface area contributed by atoms with Gasteiger partial charge in [0.15, 0.2) is 17.0 Å². The predicted octanol–water partition coefficient (Wildman–Crippen LogP) is 6.81. The molecule has 0 spiro atoms. The zero-order chi connectivity index (χ0) is 32.3. The molecule has 0 unspecified atom stereocenters. The fourth-order valence-corrected chi connectivity index (χ4v) is 5.95. The topological polar surface area (TPSA) is 114 Å². The van der Waals surface area contributed by atoms with Crippen LogP contribution in [0.25, 0.3) is 22.2 Å². The Hall–Kier alpha value is -3.95. The molecule has 1 saturated carbocycles. The van der Waals surface area contributed by atoms with Gasteiger partial charge in [-0.25, -0.2) is 14.6 Å². The van der Waals surface area contributed by atoms with Crippen molar-refractivity contribution in [3.05, 3.63) is 57.4 Å². The second-order valence-electron chi connectivity index (χ2n) is 12.4. The van der Waals surface area contributed by atoms with Gasteiger partial charge in [0.2, 0.25) is 5.95 Å². The van der Waals surface area contributed by atoms with Crippen LogP contribution in [0.4, 0.5) is 24.8 Å². The third-order valence-electron chi connectivity index (χ3n) is 7.55. The summed E-state index contributed by atoms with van der Waals surface area (Å²) in [4.78, 5) is 25.9. The Morgan fingerprint density at radius 1 is 1.13 bits per heavy atom. The number of fused-ring (bicyclic) bond motifs is 2. The molecule has 1 aliphatic carbocycles. The van der Waals surface area contributed by atoms with Gasteiger partial charge in [-0.05, 0) is 31.0 Å². The molecule has 5 aromatic rings. The first kappa shape index (κ1) is 31.0. The number of alkyl halides is 3. The molecule has 238 valence electrons. The SMILES string of the molecule is Cn1cc(C(F)(F)F)cc(Nc2nc3ncc(Oc4cnc5c(c4)c(C4CC4)nn5COCC[Si](C)(C)C)c(Cl)c3n2C)c1=O. The molecule has 45 heavy (non-hydrogen) atoms. The van der Waals surface area contributed by atoms with Crippen molar-refractivity contribution in [2.45, 2.75) is 57.4 Å². The number of hydrogen-bond acceptors (Lipinski definition) is 8. The highest BCUT2D eigenvalue weighted by Crippen LogP contribution is 2.43. The Morgan fingerprint density at radius 3 is 2.58 bits per heavy atom. The van der Waals surface area contributed by atoms with Crippen molar-refractivity contribution in [1.29, 1.82) is 0 Å². The van der Waals surface area contributed by atoms with Crippen LogP contribution in [0.5, 0.6) is 11.5 Å². The van der Waals surface area contributed by atoms with E-state index in [2.05, 4.69) is 39.9 Å². The monoisotopic (exact) mass is 660 g/mol. The van der Waals surface area contributed by atoms with Crippen molar-refractivity contribution in [3.63, 3.8) is 0 Å². The summed E-state index contributed by atoms with van der Waals surface area (Å²) < 4.78 is 56.3. The van der Waals surface area contributed by atoms with Crippen LogP contribution in [0.1, 0.15) is 30.0 Å². The Labute approximate surface area is 262 Å². The molecule has 6 rings (SSSR count). The zero-order valence-electron chi connectivity index (χ0n) is 25.4. The molecular weight excluding hydrogens is 629 g/mol. The van der Waals surface area contributed by atoms with E-state index in [1.54, 1.807) is 17.9 Å². The number of halogens is 4. The molecule has 0 aliphatic heterocycles. The summed E-state index contributed by atoms with van der Waals surface area (Å²) >= 11 is 6.75. The molecule has 1 fully saturated rings. The van der Waals surface area contributed by atoms with Crippen molar-refractivity contribution in [1.82, 2.24) is 33.9 Å². The minimum atomic E-state index is -4.64. The molecular formula is C29H32ClF3N8O3Si. The van der Waals surface area contributed by atoms with E-state index in [0.29, 0.717) is 36.2 Å². The van der Waals surface area contributed by atoms with Crippen LogP contribution in [0, 0.1) is 0 Å². The molecule has 5 heterocycles. The summed E-state index contributed by atoms with van der Waals surface area (Å²) in [6.45, 7) is 7.91. The number of anilines is 2. The third kappa shape index (κ3) is 6.42. The largest absolute Gasteiger partial charge is 0.452 e. The van der Waals surface area contributed by atoms with Gasteiger partial charge in [-0.2, -0.15) is 23.3 Å². The average molecular weight is 661 g/mol. The van der Waals surface area contributed by atoms with Gasteiger partial charge in [0.05, 0.1) is 23.7 Å². The maximum Gasteiger partial charge on any atom is 0.417 e. The first-order valence-corrected chi connectivity index (χ1v) is 18.5. The molecule has 1 aliphatic rings. The van der Waals surface area contributed by atoms with E-state index in [1.807, 2.05) is 6.07 Å². The van der Waals surface area contributed by atoms with Crippen LogP contribution >= 0.6 is 11.6 Å². The van der Waals surface area contributed by atoms with Crippen molar-refractivity contribution in [2.75, 3.05) is 11.9 Å². The summed E-state index contributed by atoms with van der Waals surface area (Å²) in [5.74, 6) is 1.09. The lowest BCUT2D eigenvalue weighted by molar-refractivity contribution is -0.138. The standard InChI is InChI=1S/C29H32ClF3N8O3Si/c1-39-14-17(29(31,32)33)10-20(27(39)42)36-28-37-25-24(40(28)2)22(30)21(13-34-25)44-18-11-19-23(16-6-7-16)38-41(26(19)35-12-18)15-43-8-9-45(3,4)5/h10-14,16H,6-9,15H2,1-5H3,(H,34,36,37). The Kier molecular flexibility index (Phi) is 7.89. The van der Waals surface area contributed by atoms with Gasteiger partial charge in [-0.1, -0.05) is 31.2 Å². The maximum absolute atomic E-state index is 13.4. The molecule has 0 bridgehead atoms. The van der Waals surface area contributed by atoms with Crippen LogP contribution in [-0.2, 0) is 31.7 Å². The number of nitrogens with one attached hydrogen (secondary N) is 1. The number of nitrogens with zero attached hydrogens (tertiary/aromatic N) is 7. The van der Waals surface area contributed by atoms with Crippen LogP contribution < -0.4 is 15.6 Å². The fourth-order valence-electron chi connectivity index (χ4n) is 4.90. The van der Waals surface area contributed by atoms with Crippen LogP contribution in [-0.4, -0.2) is 48.5 Å². The molecule has 5 aromatic heterocycles. The van der Waals surface area contributed by atoms with Gasteiger partial charge in [0.25, 0.3) is 5.56 Å². The number of rotatable bonds is 10. The van der Waals surface area contributed by atoms with E-state index in [1.165, 1.54) is 17.8 Å². The molecule has 0 aromatic carbocycles. The second-order valence-corrected chi connectivity index (χ2v) is 18.4. The van der Waals surface area contributed by atoms with Gasteiger partial charge in [-0.3, -0.25) is 4.79 Å². The average Bonchev–Trinajstić information content (AvgIpc) is 3.67. The predicted molar refractivity (Wildman–Crippen MR) is 167 cm³/mol. The number of ether oxygens (including phenoxy) is 2. The van der Waals surface area contributed by atoms with Crippen molar-refractivity contribution in [2.24, 2.45) is 14.1 Å². The van der Waals surface area contributed by atoms with Crippen LogP contribution in [0.2, 0.25) is 30.7 Å². The molecule has 0 saturated heterocycles. The normalized spacial score (nSPS) is 14.1. The highest BCUT2D eigenvalue weighted by molar-refractivity contribution is 6.76. The molecule has 0 atom stereocenters. The Morgan fingerprint density at radius 2 is 1.89 bits per heavy atom. The highest BCUT2D eigenvalue weighted by atomic mass is 35.5. The van der Waals surface area contributed by atoms with E-state index in [4.69, 9.17) is 26.2 Å². The number of aryl methyl sites for hydroxylation is 2.